The van der Waals surface area contributed by atoms with Gasteiger partial charge in [-0.15, -0.1) is 0 Å². The zero-order valence-corrected chi connectivity index (χ0v) is 11.4. The lowest BCUT2D eigenvalue weighted by Gasteiger charge is -2.07. The lowest BCUT2D eigenvalue weighted by atomic mass is 10.3. The predicted octanol–water partition coefficient (Wildman–Crippen LogP) is 0.929. The van der Waals surface area contributed by atoms with Crippen molar-refractivity contribution in [3.63, 3.8) is 0 Å². The van der Waals surface area contributed by atoms with E-state index in [1.165, 1.54) is 12.1 Å². The smallest absolute Gasteiger partial charge is 0.313 e. The molecule has 0 spiro atoms. The van der Waals surface area contributed by atoms with Crippen LogP contribution in [0.3, 0.4) is 0 Å². The van der Waals surface area contributed by atoms with Gasteiger partial charge in [0.25, 0.3) is 0 Å². The average molecular weight is 334 g/mol. The van der Waals surface area contributed by atoms with Crippen molar-refractivity contribution in [3.05, 3.63) is 28.5 Å². The lowest BCUT2D eigenvalue weighted by Crippen LogP contribution is -2.39. The van der Waals surface area contributed by atoms with Crippen LogP contribution in [0.4, 0.5) is 10.1 Å². The molecule has 0 atom stereocenters. The van der Waals surface area contributed by atoms with Crippen LogP contribution < -0.4 is 16.4 Å². The van der Waals surface area contributed by atoms with Crippen LogP contribution in [0.5, 0.6) is 0 Å². The summed E-state index contributed by atoms with van der Waals surface area (Å²) in [7, 11) is 0. The predicted molar refractivity (Wildman–Crippen MR) is 72.5 cm³/mol. The maximum atomic E-state index is 12.9. The third-order valence-corrected chi connectivity index (χ3v) is 2.64. The Morgan fingerprint density at radius 2 is 2.06 bits per heavy atom. The Balaban J connectivity index is 2.66. The van der Waals surface area contributed by atoms with Crippen LogP contribution in [0.15, 0.2) is 22.7 Å². The third kappa shape index (κ3) is 4.38. The van der Waals surface area contributed by atoms with Crippen LogP contribution in [0, 0.1) is 5.82 Å². The van der Waals surface area contributed by atoms with Crippen molar-refractivity contribution in [2.24, 2.45) is 5.73 Å². The molecule has 0 fully saturated rings. The van der Waals surface area contributed by atoms with E-state index in [0.717, 1.165) is 6.07 Å². The number of hydrogen-bond acceptors (Lipinski definition) is 3. The molecule has 4 N–H and O–H groups in total. The van der Waals surface area contributed by atoms with Crippen LogP contribution in [0.1, 0.15) is 0 Å². The van der Waals surface area contributed by atoms with E-state index < -0.39 is 17.6 Å². The van der Waals surface area contributed by atoms with Crippen molar-refractivity contribution in [2.75, 3.05) is 11.9 Å². The number of nitrogens with one attached hydrogen (secondary N) is 2. The van der Waals surface area contributed by atoms with Gasteiger partial charge in [-0.25, -0.2) is 4.39 Å². The minimum atomic E-state index is -0.933. The fraction of sp³-hybridized carbons (Fsp3) is 0.100. The first kappa shape index (κ1) is 14.5. The summed E-state index contributed by atoms with van der Waals surface area (Å²) >= 11 is 7.66. The quantitative estimate of drug-likeness (QED) is 0.567. The molecule has 0 bridgehead atoms. The number of halogens is 2. The van der Waals surface area contributed by atoms with E-state index in [1.54, 1.807) is 0 Å². The highest BCUT2D eigenvalue weighted by molar-refractivity contribution is 9.10. The van der Waals surface area contributed by atoms with Crippen molar-refractivity contribution in [3.8, 4) is 0 Å². The Morgan fingerprint density at radius 1 is 1.39 bits per heavy atom. The monoisotopic (exact) mass is 333 g/mol. The number of benzene rings is 1. The number of hydrogen-bond donors (Lipinski definition) is 3. The number of amides is 2. The zero-order chi connectivity index (χ0) is 13.7. The summed E-state index contributed by atoms with van der Waals surface area (Å²) in [4.78, 5) is 22.8. The number of carbonyl (C=O) groups is 2. The molecule has 1 rings (SSSR count). The summed E-state index contributed by atoms with van der Waals surface area (Å²) in [6.45, 7) is -0.0775. The molecule has 0 heterocycles. The molecule has 5 nitrogen and oxygen atoms in total. The molecule has 0 radical (unpaired) electrons. The van der Waals surface area contributed by atoms with Crippen molar-refractivity contribution < 1.29 is 14.0 Å². The maximum Gasteiger partial charge on any atom is 0.313 e. The molecule has 96 valence electrons. The minimum absolute atomic E-state index is 0.0584. The van der Waals surface area contributed by atoms with Gasteiger partial charge in [-0.1, -0.05) is 12.2 Å². The molecule has 2 amide bonds. The van der Waals surface area contributed by atoms with Gasteiger partial charge in [0.05, 0.1) is 17.2 Å². The van der Waals surface area contributed by atoms with Crippen LogP contribution in [-0.2, 0) is 9.59 Å². The summed E-state index contributed by atoms with van der Waals surface area (Å²) in [6, 6.07) is 3.72. The number of rotatable bonds is 3. The first-order valence-corrected chi connectivity index (χ1v) is 5.93. The summed E-state index contributed by atoms with van der Waals surface area (Å²) in [5, 5.41) is 4.46. The first-order chi connectivity index (χ1) is 8.40. The molecule has 18 heavy (non-hydrogen) atoms. The molecule has 0 unspecified atom stereocenters. The van der Waals surface area contributed by atoms with Crippen LogP contribution in [0.25, 0.3) is 0 Å². The van der Waals surface area contributed by atoms with Gasteiger partial charge in [0, 0.05) is 4.47 Å². The maximum absolute atomic E-state index is 12.9. The molecule has 1 aromatic carbocycles. The topological polar surface area (TPSA) is 84.2 Å². The second kappa shape index (κ2) is 6.41. The van der Waals surface area contributed by atoms with Crippen molar-refractivity contribution in [1.29, 1.82) is 0 Å². The van der Waals surface area contributed by atoms with Crippen molar-refractivity contribution >= 4 is 50.6 Å². The van der Waals surface area contributed by atoms with Crippen molar-refractivity contribution in [2.45, 2.75) is 0 Å². The standard InChI is InChI=1S/C10H9BrFN3O2S/c11-6-2-1-5(12)3-7(6)15-10(17)9(16)14-4-8(13)18/h1-3H,4H2,(H2,13,18)(H,14,16)(H,15,17). The summed E-state index contributed by atoms with van der Waals surface area (Å²) < 4.78 is 13.4. The van der Waals surface area contributed by atoms with E-state index in [1.807, 2.05) is 0 Å². The van der Waals surface area contributed by atoms with E-state index in [4.69, 9.17) is 5.73 Å². The second-order valence-corrected chi connectivity index (χ2v) is 4.61. The SMILES string of the molecule is NC(=S)CNC(=O)C(=O)Nc1cc(F)ccc1Br. The van der Waals surface area contributed by atoms with E-state index in [-0.39, 0.29) is 17.2 Å². The van der Waals surface area contributed by atoms with Crippen LogP contribution in [-0.4, -0.2) is 23.3 Å². The van der Waals surface area contributed by atoms with E-state index in [9.17, 15) is 14.0 Å². The molecule has 0 saturated carbocycles. The Hall–Kier alpha value is -1.54. The Bertz CT molecular complexity index is 510. The highest BCUT2D eigenvalue weighted by Crippen LogP contribution is 2.22. The van der Waals surface area contributed by atoms with Gasteiger partial charge >= 0.3 is 11.8 Å². The van der Waals surface area contributed by atoms with Gasteiger partial charge in [0.1, 0.15) is 5.82 Å². The Kier molecular flexibility index (Phi) is 5.17. The van der Waals surface area contributed by atoms with Gasteiger partial charge in [-0.2, -0.15) is 0 Å². The van der Waals surface area contributed by atoms with Crippen LogP contribution >= 0.6 is 28.1 Å². The molecule has 0 aliphatic carbocycles. The summed E-state index contributed by atoms with van der Waals surface area (Å²) in [6.07, 6.45) is 0. The van der Waals surface area contributed by atoms with Crippen LogP contribution in [0.2, 0.25) is 0 Å². The van der Waals surface area contributed by atoms with Gasteiger partial charge in [-0.3, -0.25) is 9.59 Å². The molecule has 8 heteroatoms. The van der Waals surface area contributed by atoms with E-state index in [0.29, 0.717) is 4.47 Å². The third-order valence-electron chi connectivity index (χ3n) is 1.81. The average Bonchev–Trinajstić information content (AvgIpc) is 2.30. The minimum Gasteiger partial charge on any atom is -0.392 e. The lowest BCUT2D eigenvalue weighted by molar-refractivity contribution is -0.135. The highest BCUT2D eigenvalue weighted by atomic mass is 79.9. The molecule has 0 aromatic heterocycles. The van der Waals surface area contributed by atoms with Gasteiger partial charge in [0.2, 0.25) is 0 Å². The Morgan fingerprint density at radius 3 is 2.67 bits per heavy atom. The highest BCUT2D eigenvalue weighted by Gasteiger charge is 2.15. The van der Waals surface area contributed by atoms with Gasteiger partial charge < -0.3 is 16.4 Å². The zero-order valence-electron chi connectivity index (χ0n) is 9.00. The van der Waals surface area contributed by atoms with Gasteiger partial charge in [0.15, 0.2) is 0 Å². The first-order valence-electron chi connectivity index (χ1n) is 4.72. The number of carbonyl (C=O) groups excluding carboxylic acids is 2. The van der Waals surface area contributed by atoms with E-state index in [2.05, 4.69) is 38.8 Å². The Labute approximate surface area is 116 Å². The van der Waals surface area contributed by atoms with Gasteiger partial charge in [-0.05, 0) is 34.1 Å². The molecule has 1 aromatic rings. The fourth-order valence-electron chi connectivity index (χ4n) is 1.02. The number of anilines is 1. The summed E-state index contributed by atoms with van der Waals surface area (Å²) in [5.41, 5.74) is 5.32. The number of nitrogens with two attached hydrogens (primary N) is 1. The summed E-state index contributed by atoms with van der Waals surface area (Å²) in [5.74, 6) is -2.37. The van der Waals surface area contributed by atoms with E-state index >= 15 is 0 Å². The largest absolute Gasteiger partial charge is 0.392 e. The molecular formula is C10H9BrFN3O2S. The normalized spacial score (nSPS) is 9.67. The van der Waals surface area contributed by atoms with Crippen molar-refractivity contribution in [1.82, 2.24) is 5.32 Å². The molecule has 0 aliphatic heterocycles. The molecule has 0 saturated heterocycles. The number of thiocarbonyl (C=S) groups is 1. The molecule has 0 aliphatic rings. The molecular weight excluding hydrogens is 325 g/mol. The second-order valence-electron chi connectivity index (χ2n) is 3.23. The fourth-order valence-corrected chi connectivity index (χ4v) is 1.44.